The van der Waals surface area contributed by atoms with E-state index in [9.17, 15) is 15.2 Å². The van der Waals surface area contributed by atoms with Gasteiger partial charge in [0.1, 0.15) is 5.75 Å². The Kier molecular flexibility index (Phi) is 5.67. The number of hydrazone groups is 1. The van der Waals surface area contributed by atoms with Gasteiger partial charge in [-0.1, -0.05) is 29.8 Å². The summed E-state index contributed by atoms with van der Waals surface area (Å²) in [4.78, 5) is 19.7. The average Bonchev–Trinajstić information content (AvgIpc) is 3.20. The van der Waals surface area contributed by atoms with Gasteiger partial charge in [0.15, 0.2) is 10.8 Å². The number of rotatable bonds is 5. The predicted octanol–water partition coefficient (Wildman–Crippen LogP) is 4.92. The molecular formula is C22H17N5O3S. The van der Waals surface area contributed by atoms with E-state index in [2.05, 4.69) is 20.5 Å². The summed E-state index contributed by atoms with van der Waals surface area (Å²) in [7, 11) is 0. The van der Waals surface area contributed by atoms with E-state index in [1.807, 2.05) is 55.5 Å². The molecule has 4 aromatic rings. The van der Waals surface area contributed by atoms with E-state index in [-0.39, 0.29) is 17.0 Å². The lowest BCUT2D eigenvalue weighted by Gasteiger charge is -2.04. The van der Waals surface area contributed by atoms with Gasteiger partial charge in [0, 0.05) is 17.7 Å². The van der Waals surface area contributed by atoms with Crippen LogP contribution >= 0.6 is 11.3 Å². The number of amidine groups is 1. The maximum atomic E-state index is 11.0. The fraction of sp³-hybridized carbons (Fsp3) is 0.0455. The van der Waals surface area contributed by atoms with E-state index in [0.29, 0.717) is 10.8 Å². The first-order chi connectivity index (χ1) is 15.0. The minimum atomic E-state index is -0.532. The third-order valence-electron chi connectivity index (χ3n) is 4.37. The number of aryl methyl sites for hydroxylation is 1. The van der Waals surface area contributed by atoms with Crippen molar-refractivity contribution in [1.82, 2.24) is 10.4 Å². The first-order valence-electron chi connectivity index (χ1n) is 9.27. The summed E-state index contributed by atoms with van der Waals surface area (Å²) in [5, 5.41) is 25.7. The van der Waals surface area contributed by atoms with Crippen molar-refractivity contribution < 1.29 is 10.0 Å². The van der Waals surface area contributed by atoms with Crippen LogP contribution in [-0.2, 0) is 0 Å². The highest BCUT2D eigenvalue weighted by Crippen LogP contribution is 2.24. The molecule has 9 heteroatoms. The molecule has 0 radical (unpaired) electrons. The molecule has 8 nitrogen and oxygen atoms in total. The number of fused-ring (bicyclic) bond motifs is 1. The third-order valence-corrected chi connectivity index (χ3v) is 5.41. The van der Waals surface area contributed by atoms with Gasteiger partial charge in [-0.15, -0.1) is 11.3 Å². The van der Waals surface area contributed by atoms with Crippen LogP contribution in [0.25, 0.3) is 10.2 Å². The molecule has 0 aliphatic rings. The van der Waals surface area contributed by atoms with Crippen molar-refractivity contribution in [2.24, 2.45) is 10.1 Å². The summed E-state index contributed by atoms with van der Waals surface area (Å²) in [6, 6.07) is 19.2. The number of phenolic OH excluding ortho intramolecular Hbond substituents is 1. The SMILES string of the molecule is Cc1ccc(N=C(N/N=C/c2cc([N+](=O)[O-])ccc2O)c2nc3ccccc3s2)cc1. The van der Waals surface area contributed by atoms with Gasteiger partial charge in [-0.05, 0) is 37.3 Å². The Morgan fingerprint density at radius 3 is 2.68 bits per heavy atom. The molecule has 0 fully saturated rings. The Balaban J connectivity index is 1.68. The molecule has 0 saturated heterocycles. The number of hydrogen-bond acceptors (Lipinski definition) is 7. The molecule has 1 aromatic heterocycles. The Morgan fingerprint density at radius 1 is 1.16 bits per heavy atom. The molecule has 31 heavy (non-hydrogen) atoms. The van der Waals surface area contributed by atoms with Crippen LogP contribution in [0, 0.1) is 17.0 Å². The van der Waals surface area contributed by atoms with Crippen molar-refractivity contribution in [1.29, 1.82) is 0 Å². The molecule has 0 aliphatic carbocycles. The smallest absolute Gasteiger partial charge is 0.270 e. The summed E-state index contributed by atoms with van der Waals surface area (Å²) >= 11 is 1.47. The fourth-order valence-corrected chi connectivity index (χ4v) is 3.67. The minimum absolute atomic E-state index is 0.117. The van der Waals surface area contributed by atoms with E-state index < -0.39 is 4.92 Å². The van der Waals surface area contributed by atoms with Crippen LogP contribution in [0.3, 0.4) is 0 Å². The summed E-state index contributed by atoms with van der Waals surface area (Å²) in [5.41, 5.74) is 5.63. The third kappa shape index (κ3) is 4.73. The number of nitro groups is 1. The number of thiazole rings is 1. The van der Waals surface area contributed by atoms with Crippen LogP contribution in [0.1, 0.15) is 16.1 Å². The maximum Gasteiger partial charge on any atom is 0.270 e. The van der Waals surface area contributed by atoms with Crippen molar-refractivity contribution in [3.63, 3.8) is 0 Å². The number of aromatic hydroxyl groups is 1. The summed E-state index contributed by atoms with van der Waals surface area (Å²) in [6.07, 6.45) is 1.31. The molecule has 0 unspecified atom stereocenters. The number of aliphatic imine (C=N–C) groups is 1. The molecule has 0 atom stereocenters. The van der Waals surface area contributed by atoms with Crippen molar-refractivity contribution in [2.45, 2.75) is 6.92 Å². The Bertz CT molecular complexity index is 1280. The van der Waals surface area contributed by atoms with Crippen molar-refractivity contribution >= 4 is 45.0 Å². The van der Waals surface area contributed by atoms with Gasteiger partial charge in [-0.2, -0.15) is 5.10 Å². The van der Waals surface area contributed by atoms with Gasteiger partial charge in [0.05, 0.1) is 27.0 Å². The number of benzene rings is 3. The Labute approximate surface area is 181 Å². The lowest BCUT2D eigenvalue weighted by Crippen LogP contribution is -2.18. The van der Waals surface area contributed by atoms with Gasteiger partial charge in [0.2, 0.25) is 0 Å². The Morgan fingerprint density at radius 2 is 1.94 bits per heavy atom. The normalized spacial score (nSPS) is 11.8. The predicted molar refractivity (Wildman–Crippen MR) is 122 cm³/mol. The molecule has 0 bridgehead atoms. The molecule has 4 rings (SSSR count). The van der Waals surface area contributed by atoms with Gasteiger partial charge in [0.25, 0.3) is 5.69 Å². The van der Waals surface area contributed by atoms with Crippen LogP contribution in [-0.4, -0.2) is 27.1 Å². The molecule has 0 aliphatic heterocycles. The minimum Gasteiger partial charge on any atom is -0.507 e. The van der Waals surface area contributed by atoms with Gasteiger partial charge in [-0.25, -0.2) is 9.98 Å². The quantitative estimate of drug-likeness (QED) is 0.201. The van der Waals surface area contributed by atoms with Crippen LogP contribution in [0.4, 0.5) is 11.4 Å². The summed E-state index contributed by atoms with van der Waals surface area (Å²) in [5.74, 6) is 0.305. The fourth-order valence-electron chi connectivity index (χ4n) is 2.76. The monoisotopic (exact) mass is 431 g/mol. The number of phenols is 1. The van der Waals surface area contributed by atoms with E-state index in [0.717, 1.165) is 21.5 Å². The number of nitrogens with one attached hydrogen (secondary N) is 1. The zero-order chi connectivity index (χ0) is 21.8. The van der Waals surface area contributed by atoms with Crippen LogP contribution in [0.5, 0.6) is 5.75 Å². The largest absolute Gasteiger partial charge is 0.507 e. The number of hydrogen-bond donors (Lipinski definition) is 2. The maximum absolute atomic E-state index is 11.0. The molecule has 1 heterocycles. The highest BCUT2D eigenvalue weighted by molar-refractivity contribution is 7.20. The second-order valence-electron chi connectivity index (χ2n) is 6.65. The van der Waals surface area contributed by atoms with Crippen LogP contribution in [0.2, 0.25) is 0 Å². The standard InChI is InChI=1S/C22H17N5O3S/c1-14-6-8-16(9-7-14)24-21(22-25-18-4-2-3-5-20(18)31-22)26-23-13-15-12-17(27(29)30)10-11-19(15)28/h2-13,28H,1H3,(H,24,26)/b23-13+. The number of non-ortho nitro benzene ring substituents is 1. The molecule has 0 amide bonds. The number of nitrogens with zero attached hydrogens (tertiary/aromatic N) is 4. The zero-order valence-electron chi connectivity index (χ0n) is 16.4. The Hall–Kier alpha value is -4.11. The summed E-state index contributed by atoms with van der Waals surface area (Å²) < 4.78 is 1.01. The van der Waals surface area contributed by atoms with Gasteiger partial charge < -0.3 is 5.11 Å². The highest BCUT2D eigenvalue weighted by atomic mass is 32.1. The van der Waals surface area contributed by atoms with Crippen LogP contribution in [0.15, 0.2) is 76.8 Å². The lowest BCUT2D eigenvalue weighted by molar-refractivity contribution is -0.384. The first kappa shape index (κ1) is 20.2. The van der Waals surface area contributed by atoms with E-state index in [4.69, 9.17) is 0 Å². The molecule has 154 valence electrons. The lowest BCUT2D eigenvalue weighted by atomic mass is 10.2. The zero-order valence-corrected chi connectivity index (χ0v) is 17.2. The highest BCUT2D eigenvalue weighted by Gasteiger charge is 2.12. The van der Waals surface area contributed by atoms with Crippen LogP contribution < -0.4 is 5.43 Å². The van der Waals surface area contributed by atoms with Gasteiger partial charge >= 0.3 is 0 Å². The molecular weight excluding hydrogens is 414 g/mol. The van der Waals surface area contributed by atoms with Gasteiger partial charge in [-0.3, -0.25) is 15.5 Å². The molecule has 2 N–H and O–H groups in total. The van der Waals surface area contributed by atoms with E-state index in [1.165, 1.54) is 35.8 Å². The topological polar surface area (TPSA) is 113 Å². The molecule has 0 saturated carbocycles. The van der Waals surface area contributed by atoms with E-state index >= 15 is 0 Å². The van der Waals surface area contributed by atoms with Crippen molar-refractivity contribution in [3.05, 3.63) is 93.0 Å². The van der Waals surface area contributed by atoms with Crippen molar-refractivity contribution in [3.8, 4) is 5.75 Å². The molecule has 3 aromatic carbocycles. The number of aromatic nitrogens is 1. The first-order valence-corrected chi connectivity index (χ1v) is 10.1. The number of para-hydroxylation sites is 1. The second kappa shape index (κ2) is 8.72. The van der Waals surface area contributed by atoms with Crippen molar-refractivity contribution in [2.75, 3.05) is 0 Å². The molecule has 0 spiro atoms. The average molecular weight is 431 g/mol. The van der Waals surface area contributed by atoms with E-state index in [1.54, 1.807) is 0 Å². The second-order valence-corrected chi connectivity index (χ2v) is 7.68. The number of nitro benzene ring substituents is 1. The summed E-state index contributed by atoms with van der Waals surface area (Å²) in [6.45, 7) is 2.00.